The van der Waals surface area contributed by atoms with Gasteiger partial charge in [0.05, 0.1) is 25.4 Å². The standard InChI is InChI=1S/C53H99NO5/c1-3-5-7-9-11-13-14-15-24-27-31-35-39-43-47-53(58)59-48-44-40-36-32-28-25-22-20-18-16-17-19-21-23-26-30-34-38-42-46-52(57)54-50(49-55)51(56)45-41-37-33-29-12-10-8-6-4-2/h9,11,14-17,50-51,55-56H,3-8,10,12-13,18-49H2,1-2H3,(H,54,57)/b11-9-,15-14-,17-16-. The zero-order valence-corrected chi connectivity index (χ0v) is 39.2. The topological polar surface area (TPSA) is 95.9 Å². The molecule has 0 aromatic heterocycles. The van der Waals surface area contributed by atoms with E-state index < -0.39 is 12.1 Å². The fourth-order valence-electron chi connectivity index (χ4n) is 7.65. The Morgan fingerprint density at radius 2 is 0.864 bits per heavy atom. The van der Waals surface area contributed by atoms with Gasteiger partial charge in [-0.15, -0.1) is 0 Å². The molecule has 6 heteroatoms. The van der Waals surface area contributed by atoms with Gasteiger partial charge >= 0.3 is 5.97 Å². The molecule has 59 heavy (non-hydrogen) atoms. The van der Waals surface area contributed by atoms with Crippen LogP contribution in [-0.4, -0.2) is 47.4 Å². The van der Waals surface area contributed by atoms with Gasteiger partial charge in [0.1, 0.15) is 0 Å². The van der Waals surface area contributed by atoms with Crippen molar-refractivity contribution in [2.75, 3.05) is 13.2 Å². The summed E-state index contributed by atoms with van der Waals surface area (Å²) in [5.74, 6) is -0.0599. The summed E-state index contributed by atoms with van der Waals surface area (Å²) in [6, 6.07) is -0.547. The molecule has 0 saturated heterocycles. The van der Waals surface area contributed by atoms with Gasteiger partial charge in [0.25, 0.3) is 0 Å². The minimum atomic E-state index is -0.668. The molecule has 3 N–H and O–H groups in total. The highest BCUT2D eigenvalue weighted by atomic mass is 16.5. The van der Waals surface area contributed by atoms with E-state index in [1.807, 2.05) is 0 Å². The summed E-state index contributed by atoms with van der Waals surface area (Å²) in [4.78, 5) is 24.4. The normalized spacial score (nSPS) is 12.9. The minimum Gasteiger partial charge on any atom is -0.466 e. The van der Waals surface area contributed by atoms with Gasteiger partial charge in [-0.05, 0) is 77.0 Å². The summed E-state index contributed by atoms with van der Waals surface area (Å²) in [6.07, 6.45) is 58.4. The molecule has 0 aromatic rings. The van der Waals surface area contributed by atoms with E-state index in [0.29, 0.717) is 25.9 Å². The number of aliphatic hydroxyl groups excluding tert-OH is 2. The molecule has 0 rings (SSSR count). The quantitative estimate of drug-likeness (QED) is 0.0323. The number of unbranched alkanes of at least 4 members (excludes halogenated alkanes) is 30. The molecule has 0 fully saturated rings. The average molecular weight is 830 g/mol. The Labute approximate surface area is 366 Å². The molecule has 0 aromatic carbocycles. The smallest absolute Gasteiger partial charge is 0.305 e. The number of allylic oxidation sites excluding steroid dienone is 6. The Kier molecular flexibility index (Phi) is 47.2. The summed E-state index contributed by atoms with van der Waals surface area (Å²) in [5.41, 5.74) is 0. The molecule has 0 saturated carbocycles. The lowest BCUT2D eigenvalue weighted by Crippen LogP contribution is -2.45. The molecule has 2 atom stereocenters. The number of hydrogen-bond donors (Lipinski definition) is 3. The number of amides is 1. The Balaban J connectivity index is 3.43. The fourth-order valence-corrected chi connectivity index (χ4v) is 7.65. The van der Waals surface area contributed by atoms with Crippen LogP contribution in [-0.2, 0) is 14.3 Å². The molecule has 0 aliphatic rings. The Morgan fingerprint density at radius 3 is 1.36 bits per heavy atom. The van der Waals surface area contributed by atoms with E-state index in [1.54, 1.807) is 0 Å². The zero-order chi connectivity index (χ0) is 43.0. The highest BCUT2D eigenvalue weighted by Gasteiger charge is 2.20. The highest BCUT2D eigenvalue weighted by Crippen LogP contribution is 2.15. The van der Waals surface area contributed by atoms with E-state index in [-0.39, 0.29) is 18.5 Å². The number of hydrogen-bond acceptors (Lipinski definition) is 5. The predicted octanol–water partition coefficient (Wildman–Crippen LogP) is 15.3. The number of ether oxygens (including phenoxy) is 1. The number of nitrogens with one attached hydrogen (secondary N) is 1. The first kappa shape index (κ1) is 57.1. The molecule has 6 nitrogen and oxygen atoms in total. The average Bonchev–Trinajstić information content (AvgIpc) is 3.24. The van der Waals surface area contributed by atoms with E-state index in [0.717, 1.165) is 57.8 Å². The molecule has 2 unspecified atom stereocenters. The lowest BCUT2D eigenvalue weighted by atomic mass is 10.0. The van der Waals surface area contributed by atoms with Gasteiger partial charge in [-0.3, -0.25) is 9.59 Å². The van der Waals surface area contributed by atoms with Crippen LogP contribution >= 0.6 is 0 Å². The molecular formula is C53H99NO5. The Bertz CT molecular complexity index is 962. The second-order valence-electron chi connectivity index (χ2n) is 17.5. The van der Waals surface area contributed by atoms with Crippen LogP contribution in [0.2, 0.25) is 0 Å². The molecule has 1 amide bonds. The van der Waals surface area contributed by atoms with E-state index in [9.17, 15) is 19.8 Å². The molecule has 0 spiro atoms. The lowest BCUT2D eigenvalue weighted by Gasteiger charge is -2.22. The van der Waals surface area contributed by atoms with Crippen LogP contribution in [0.15, 0.2) is 36.5 Å². The van der Waals surface area contributed by atoms with Crippen molar-refractivity contribution >= 4 is 11.9 Å². The maximum Gasteiger partial charge on any atom is 0.305 e. The lowest BCUT2D eigenvalue weighted by molar-refractivity contribution is -0.143. The SMILES string of the molecule is CCCC/C=C\C/C=C\CCCCCCCC(=O)OCCCCCCCCCC/C=C\CCCCCCCCCC(=O)NC(CO)C(O)CCCCCCCCCCC. The van der Waals surface area contributed by atoms with Gasteiger partial charge in [0.15, 0.2) is 0 Å². The van der Waals surface area contributed by atoms with Crippen LogP contribution in [0.1, 0.15) is 264 Å². The Hall–Kier alpha value is -1.92. The fraction of sp³-hybridized carbons (Fsp3) is 0.849. The van der Waals surface area contributed by atoms with Crippen LogP contribution in [0.5, 0.6) is 0 Å². The monoisotopic (exact) mass is 830 g/mol. The van der Waals surface area contributed by atoms with E-state index in [2.05, 4.69) is 55.6 Å². The van der Waals surface area contributed by atoms with Crippen molar-refractivity contribution in [3.8, 4) is 0 Å². The zero-order valence-electron chi connectivity index (χ0n) is 39.2. The molecule has 0 radical (unpaired) electrons. The summed E-state index contributed by atoms with van der Waals surface area (Å²) in [7, 11) is 0. The van der Waals surface area contributed by atoms with E-state index >= 15 is 0 Å². The van der Waals surface area contributed by atoms with Gasteiger partial charge in [-0.25, -0.2) is 0 Å². The van der Waals surface area contributed by atoms with Crippen LogP contribution in [0.4, 0.5) is 0 Å². The number of rotatable bonds is 47. The Morgan fingerprint density at radius 1 is 0.475 bits per heavy atom. The summed E-state index contributed by atoms with van der Waals surface area (Å²) >= 11 is 0. The van der Waals surface area contributed by atoms with Crippen LogP contribution in [0, 0.1) is 0 Å². The maximum atomic E-state index is 12.4. The molecular weight excluding hydrogens is 731 g/mol. The van der Waals surface area contributed by atoms with Gasteiger partial charge in [-0.1, -0.05) is 211 Å². The molecule has 0 aliphatic carbocycles. The molecule has 346 valence electrons. The van der Waals surface area contributed by atoms with Crippen LogP contribution in [0.25, 0.3) is 0 Å². The second kappa shape index (κ2) is 48.7. The van der Waals surface area contributed by atoms with E-state index in [1.165, 1.54) is 173 Å². The number of aliphatic hydroxyl groups is 2. The van der Waals surface area contributed by atoms with Gasteiger partial charge in [0, 0.05) is 12.8 Å². The largest absolute Gasteiger partial charge is 0.466 e. The first-order valence-electron chi connectivity index (χ1n) is 25.7. The van der Waals surface area contributed by atoms with Gasteiger partial charge in [-0.2, -0.15) is 0 Å². The summed E-state index contributed by atoms with van der Waals surface area (Å²) in [5, 5.41) is 23.1. The summed E-state index contributed by atoms with van der Waals surface area (Å²) < 4.78 is 5.45. The third-order valence-electron chi connectivity index (χ3n) is 11.7. The highest BCUT2D eigenvalue weighted by molar-refractivity contribution is 5.76. The van der Waals surface area contributed by atoms with Crippen LogP contribution in [0.3, 0.4) is 0 Å². The van der Waals surface area contributed by atoms with Crippen molar-refractivity contribution in [3.63, 3.8) is 0 Å². The molecule has 0 aliphatic heterocycles. The first-order chi connectivity index (χ1) is 29.0. The van der Waals surface area contributed by atoms with Crippen molar-refractivity contribution < 1.29 is 24.5 Å². The summed E-state index contributed by atoms with van der Waals surface area (Å²) in [6.45, 7) is 4.86. The molecule has 0 heterocycles. The second-order valence-corrected chi connectivity index (χ2v) is 17.5. The predicted molar refractivity (Wildman–Crippen MR) is 255 cm³/mol. The van der Waals surface area contributed by atoms with Crippen molar-refractivity contribution in [2.45, 2.75) is 276 Å². The molecule has 0 bridgehead atoms. The van der Waals surface area contributed by atoms with Crippen molar-refractivity contribution in [1.29, 1.82) is 0 Å². The number of esters is 1. The first-order valence-corrected chi connectivity index (χ1v) is 25.7. The van der Waals surface area contributed by atoms with Crippen molar-refractivity contribution in [1.82, 2.24) is 5.32 Å². The third-order valence-corrected chi connectivity index (χ3v) is 11.7. The van der Waals surface area contributed by atoms with Crippen molar-refractivity contribution in [2.24, 2.45) is 0 Å². The van der Waals surface area contributed by atoms with E-state index in [4.69, 9.17) is 4.74 Å². The van der Waals surface area contributed by atoms with Crippen LogP contribution < -0.4 is 5.32 Å². The van der Waals surface area contributed by atoms with Gasteiger partial charge < -0.3 is 20.3 Å². The maximum absolute atomic E-state index is 12.4. The minimum absolute atomic E-state index is 0.0115. The number of carbonyl (C=O) groups excluding carboxylic acids is 2. The van der Waals surface area contributed by atoms with Crippen molar-refractivity contribution in [3.05, 3.63) is 36.5 Å². The van der Waals surface area contributed by atoms with Gasteiger partial charge in [0.2, 0.25) is 5.91 Å². The third kappa shape index (κ3) is 45.4. The number of carbonyl (C=O) groups is 2.